The molecule has 0 spiro atoms. The first kappa shape index (κ1) is 13.1. The van der Waals surface area contributed by atoms with Crippen molar-refractivity contribution in [3.05, 3.63) is 12.3 Å². The van der Waals surface area contributed by atoms with Crippen LogP contribution in [0.15, 0.2) is 17.3 Å². The summed E-state index contributed by atoms with van der Waals surface area (Å²) in [5.41, 5.74) is 1.28. The number of unbranched alkanes of at least 4 members (excludes halogenated alkanes) is 1. The predicted molar refractivity (Wildman–Crippen MR) is 71.6 cm³/mol. The maximum absolute atomic E-state index is 4.62. The number of hydrogen-bond donors (Lipinski definition) is 0. The van der Waals surface area contributed by atoms with E-state index < -0.39 is 0 Å². The van der Waals surface area contributed by atoms with Crippen molar-refractivity contribution in [3.8, 4) is 0 Å². The third-order valence-corrected chi connectivity index (χ3v) is 3.07. The fourth-order valence-corrected chi connectivity index (χ4v) is 1.92. The Hall–Kier alpha value is -0.920. The van der Waals surface area contributed by atoms with Gasteiger partial charge < -0.3 is 0 Å². The molecule has 1 unspecified atom stereocenters. The van der Waals surface area contributed by atoms with Crippen LogP contribution < -0.4 is 0 Å². The average Bonchev–Trinajstić information content (AvgIpc) is 2.38. The van der Waals surface area contributed by atoms with Crippen molar-refractivity contribution >= 4 is 11.9 Å². The smallest absolute Gasteiger partial charge is 0.164 e. The van der Waals surface area contributed by atoms with Crippen LogP contribution >= 0.6 is 0 Å². The quantitative estimate of drug-likeness (QED) is 0.647. The van der Waals surface area contributed by atoms with Crippen molar-refractivity contribution in [2.45, 2.75) is 46.5 Å². The van der Waals surface area contributed by atoms with Crippen LogP contribution in [0, 0.1) is 5.92 Å². The molecule has 0 aliphatic carbocycles. The van der Waals surface area contributed by atoms with Crippen molar-refractivity contribution in [1.29, 1.82) is 0 Å². The summed E-state index contributed by atoms with van der Waals surface area (Å²) in [6, 6.07) is 0. The van der Waals surface area contributed by atoms with Gasteiger partial charge in [0.2, 0.25) is 0 Å². The van der Waals surface area contributed by atoms with Gasteiger partial charge in [-0.2, -0.15) is 0 Å². The molecule has 1 aliphatic heterocycles. The van der Waals surface area contributed by atoms with E-state index in [1.165, 1.54) is 18.6 Å². The van der Waals surface area contributed by atoms with E-state index in [0.717, 1.165) is 25.9 Å². The summed E-state index contributed by atoms with van der Waals surface area (Å²) < 4.78 is 2.35. The molecule has 0 N–H and O–H groups in total. The van der Waals surface area contributed by atoms with Gasteiger partial charge in [0.1, 0.15) is 6.54 Å². The highest BCUT2D eigenvalue weighted by Crippen LogP contribution is 2.06. The third-order valence-electron chi connectivity index (χ3n) is 3.07. The first-order valence-corrected chi connectivity index (χ1v) is 6.56. The van der Waals surface area contributed by atoms with Crippen LogP contribution in [-0.4, -0.2) is 29.6 Å². The Morgan fingerprint density at radius 2 is 2.25 bits per heavy atom. The van der Waals surface area contributed by atoms with Gasteiger partial charge in [0.25, 0.3) is 0 Å². The molecule has 1 atom stereocenters. The molecule has 16 heavy (non-hydrogen) atoms. The molecule has 0 radical (unpaired) electrons. The summed E-state index contributed by atoms with van der Waals surface area (Å²) in [5, 5.41) is 0. The maximum atomic E-state index is 4.62. The number of aliphatic imine (C=N–C) groups is 1. The average molecular weight is 221 g/mol. The van der Waals surface area contributed by atoms with Crippen LogP contribution in [0.3, 0.4) is 0 Å². The van der Waals surface area contributed by atoms with Gasteiger partial charge in [-0.25, -0.2) is 4.58 Å². The summed E-state index contributed by atoms with van der Waals surface area (Å²) in [6.07, 6.45) is 11.5. The van der Waals surface area contributed by atoms with Crippen LogP contribution in [0.2, 0.25) is 0 Å². The Kier molecular flexibility index (Phi) is 6.05. The van der Waals surface area contributed by atoms with Gasteiger partial charge >= 0.3 is 0 Å². The lowest BCUT2D eigenvalue weighted by Crippen LogP contribution is -2.19. The second-order valence-electron chi connectivity index (χ2n) is 4.45. The first-order valence-electron chi connectivity index (χ1n) is 6.56. The molecule has 0 saturated heterocycles. The Balaban J connectivity index is 2.79. The molecular weight excluding hydrogens is 196 g/mol. The fraction of sp³-hybridized carbons (Fsp3) is 0.714. The van der Waals surface area contributed by atoms with Crippen LogP contribution in [0.25, 0.3) is 0 Å². The summed E-state index contributed by atoms with van der Waals surface area (Å²) in [4.78, 5) is 4.62. The van der Waals surface area contributed by atoms with Gasteiger partial charge in [-0.15, -0.1) is 0 Å². The number of nitrogens with zero attached hydrogens (tertiary/aromatic N) is 2. The Bertz CT molecular complexity index is 287. The molecular formula is C14H25N2+. The summed E-state index contributed by atoms with van der Waals surface area (Å²) in [5.74, 6) is 0.514. The van der Waals surface area contributed by atoms with Crippen molar-refractivity contribution in [1.82, 2.24) is 0 Å². The van der Waals surface area contributed by atoms with Gasteiger partial charge in [-0.1, -0.05) is 20.3 Å². The fourth-order valence-electron chi connectivity index (χ4n) is 1.92. The number of hydrogen-bond acceptors (Lipinski definition) is 1. The highest BCUT2D eigenvalue weighted by Gasteiger charge is 2.13. The Morgan fingerprint density at radius 1 is 1.44 bits per heavy atom. The topological polar surface area (TPSA) is 15.4 Å². The zero-order chi connectivity index (χ0) is 11.8. The van der Waals surface area contributed by atoms with E-state index in [4.69, 9.17) is 0 Å². The second-order valence-corrected chi connectivity index (χ2v) is 4.45. The SMILES string of the molecule is CCCC[N+]1=CC(CC)C(C)=NCCC=C1. The molecule has 1 heterocycles. The second kappa shape index (κ2) is 7.37. The van der Waals surface area contributed by atoms with Gasteiger partial charge in [0, 0.05) is 18.7 Å². The highest BCUT2D eigenvalue weighted by atomic mass is 15.0. The number of rotatable bonds is 4. The van der Waals surface area contributed by atoms with Crippen LogP contribution in [0.1, 0.15) is 46.5 Å². The van der Waals surface area contributed by atoms with Crippen molar-refractivity contribution < 1.29 is 4.58 Å². The van der Waals surface area contributed by atoms with E-state index in [1.54, 1.807) is 0 Å². The molecule has 0 aromatic carbocycles. The molecule has 2 nitrogen and oxygen atoms in total. The van der Waals surface area contributed by atoms with E-state index in [2.05, 4.69) is 48.8 Å². The largest absolute Gasteiger partial charge is 0.293 e. The van der Waals surface area contributed by atoms with Crippen molar-refractivity contribution in [3.63, 3.8) is 0 Å². The molecule has 0 aromatic heterocycles. The zero-order valence-electron chi connectivity index (χ0n) is 10.9. The standard InChI is InChI=1S/C14H25N2/c1-4-6-10-16-11-8-7-9-15-13(3)14(5-2)12-16/h8,11-12,14H,4-7,9-10H2,1-3H3/q+1. The molecule has 0 saturated carbocycles. The molecule has 0 bridgehead atoms. The minimum absolute atomic E-state index is 0.514. The first-order chi connectivity index (χ1) is 7.77. The summed E-state index contributed by atoms with van der Waals surface area (Å²) in [7, 11) is 0. The lowest BCUT2D eigenvalue weighted by atomic mass is 10.0. The lowest BCUT2D eigenvalue weighted by Gasteiger charge is -2.07. The van der Waals surface area contributed by atoms with Gasteiger partial charge in [-0.05, 0) is 25.8 Å². The minimum Gasteiger partial charge on any atom is -0.293 e. The van der Waals surface area contributed by atoms with Crippen LogP contribution in [0.4, 0.5) is 0 Å². The third kappa shape index (κ3) is 4.30. The zero-order valence-corrected chi connectivity index (χ0v) is 10.9. The molecule has 90 valence electrons. The molecule has 1 rings (SSSR count). The van der Waals surface area contributed by atoms with Crippen molar-refractivity contribution in [2.24, 2.45) is 10.9 Å². The van der Waals surface area contributed by atoms with E-state index in [1.807, 2.05) is 0 Å². The Labute approximate surface area is 99.8 Å². The summed E-state index contributed by atoms with van der Waals surface area (Å²) in [6.45, 7) is 8.71. The maximum Gasteiger partial charge on any atom is 0.164 e. The van der Waals surface area contributed by atoms with E-state index in [-0.39, 0.29) is 0 Å². The molecule has 0 fully saturated rings. The minimum atomic E-state index is 0.514. The molecule has 1 aliphatic rings. The van der Waals surface area contributed by atoms with Gasteiger partial charge in [0.05, 0.1) is 5.92 Å². The Morgan fingerprint density at radius 3 is 2.94 bits per heavy atom. The molecule has 0 amide bonds. The van der Waals surface area contributed by atoms with Crippen LogP contribution in [-0.2, 0) is 0 Å². The van der Waals surface area contributed by atoms with Gasteiger partial charge in [0.15, 0.2) is 12.4 Å². The monoisotopic (exact) mass is 221 g/mol. The van der Waals surface area contributed by atoms with Crippen molar-refractivity contribution in [2.75, 3.05) is 13.1 Å². The predicted octanol–water partition coefficient (Wildman–Crippen LogP) is 3.27. The van der Waals surface area contributed by atoms with Crippen LogP contribution in [0.5, 0.6) is 0 Å². The van der Waals surface area contributed by atoms with E-state index in [9.17, 15) is 0 Å². The lowest BCUT2D eigenvalue weighted by molar-refractivity contribution is -0.454. The molecule has 2 heteroatoms. The summed E-state index contributed by atoms with van der Waals surface area (Å²) >= 11 is 0. The van der Waals surface area contributed by atoms with E-state index in [0.29, 0.717) is 5.92 Å². The van der Waals surface area contributed by atoms with Gasteiger partial charge in [-0.3, -0.25) is 4.99 Å². The highest BCUT2D eigenvalue weighted by molar-refractivity contribution is 5.95. The molecule has 0 aromatic rings. The normalized spacial score (nSPS) is 21.8. The van der Waals surface area contributed by atoms with E-state index >= 15 is 0 Å².